The Labute approximate surface area is 341 Å². The molecule has 0 fully saturated rings. The number of ether oxygens (including phenoxy) is 2. The molecule has 19 heteroatoms. The van der Waals surface area contributed by atoms with Crippen molar-refractivity contribution in [3.05, 3.63) is 0 Å². The molecule has 0 saturated heterocycles. The van der Waals surface area contributed by atoms with Crippen LogP contribution in [0.5, 0.6) is 0 Å². The molecule has 3 unspecified atom stereocenters. The van der Waals surface area contributed by atoms with E-state index in [1.54, 1.807) is 0 Å². The second-order valence-electron chi connectivity index (χ2n) is 8.29. The fourth-order valence-electron chi connectivity index (χ4n) is 2.81. The van der Waals surface area contributed by atoms with E-state index in [1.165, 1.54) is 0 Å². The Morgan fingerprint density at radius 1 is 0.786 bits per heavy atom. The van der Waals surface area contributed by atoms with Gasteiger partial charge in [0.1, 0.15) is 10.1 Å². The van der Waals surface area contributed by atoms with Gasteiger partial charge in [0, 0.05) is 0 Å². The van der Waals surface area contributed by atoms with Crippen LogP contribution in [0.25, 0.3) is 0 Å². The molecule has 0 saturated carbocycles. The summed E-state index contributed by atoms with van der Waals surface area (Å²) in [6.45, 7) is 8.26. The molecule has 1 radical (unpaired) electrons. The number of carbonyl (C=O) groups excluding carboxylic acids is 2. The summed E-state index contributed by atoms with van der Waals surface area (Å²) in [5, 5.41) is -2.06. The van der Waals surface area contributed by atoms with E-state index in [-0.39, 0.29) is 109 Å². The zero-order valence-electron chi connectivity index (χ0n) is 25.0. The SMILES string of the molecule is CCCCC(CC)COC(=O)CC(C(=O)OCC(CC)CCCC)S(=O)(=O)[O-].NC(=S)[S-].NC(=S)[S-].NC(=S)[S-].[Ce+3].[Na+]. The molecular weight excluding hydrogens is 818 g/mol. The Morgan fingerprint density at radius 2 is 1.10 bits per heavy atom. The number of nitrogens with two attached hydrogens (primary N) is 3. The van der Waals surface area contributed by atoms with Gasteiger partial charge in [-0.3, -0.25) is 9.59 Å². The summed E-state index contributed by atoms with van der Waals surface area (Å²) in [6, 6.07) is 0. The first kappa shape index (κ1) is 55.9. The van der Waals surface area contributed by atoms with Gasteiger partial charge in [-0.2, -0.15) is 0 Å². The van der Waals surface area contributed by atoms with Gasteiger partial charge in [0.05, 0.1) is 19.6 Å². The molecule has 0 heterocycles. The average molecular weight is 861 g/mol. The van der Waals surface area contributed by atoms with Crippen LogP contribution in [0.15, 0.2) is 0 Å². The molecule has 0 amide bonds. The molecule has 6 N–H and O–H groups in total. The van der Waals surface area contributed by atoms with Crippen LogP contribution in [0.3, 0.4) is 0 Å². The summed E-state index contributed by atoms with van der Waals surface area (Å²) >= 11 is 24.8. The van der Waals surface area contributed by atoms with Gasteiger partial charge in [-0.15, -0.1) is 0 Å². The van der Waals surface area contributed by atoms with E-state index in [2.05, 4.69) is 106 Å². The van der Waals surface area contributed by atoms with Crippen LogP contribution in [-0.2, 0) is 67.1 Å². The molecule has 0 bridgehead atoms. The van der Waals surface area contributed by atoms with Gasteiger partial charge >= 0.3 is 83.2 Å². The van der Waals surface area contributed by atoms with E-state index < -0.39 is 33.7 Å². The first-order chi connectivity index (χ1) is 18.4. The summed E-state index contributed by atoms with van der Waals surface area (Å²) in [4.78, 5) is 24.1. The Hall–Kier alpha value is 1.56. The molecule has 0 aromatic carbocycles. The number of rotatable bonds is 16. The molecule has 0 aliphatic carbocycles. The van der Waals surface area contributed by atoms with Crippen molar-refractivity contribution in [1.82, 2.24) is 0 Å². The number of thiocarbonyl (C=S) groups is 3. The van der Waals surface area contributed by atoms with Gasteiger partial charge < -0.3 is 106 Å². The van der Waals surface area contributed by atoms with Crippen molar-refractivity contribution in [2.45, 2.75) is 90.7 Å². The Kier molecular flexibility index (Phi) is 49.3. The van der Waals surface area contributed by atoms with E-state index in [0.29, 0.717) is 0 Å². The predicted molar refractivity (Wildman–Crippen MR) is 179 cm³/mol. The first-order valence-electron chi connectivity index (χ1n) is 12.5. The van der Waals surface area contributed by atoms with Crippen LogP contribution < -0.4 is 46.8 Å². The Balaban J connectivity index is -0.000000195. The molecule has 3 atom stereocenters. The molecule has 42 heavy (non-hydrogen) atoms. The van der Waals surface area contributed by atoms with Gasteiger partial charge in [0.2, 0.25) is 0 Å². The average Bonchev–Trinajstić information content (AvgIpc) is 2.81. The van der Waals surface area contributed by atoms with Gasteiger partial charge in [0.25, 0.3) is 0 Å². The third kappa shape index (κ3) is 48.5. The van der Waals surface area contributed by atoms with Gasteiger partial charge in [-0.25, -0.2) is 8.42 Å². The number of hydrogen-bond donors (Lipinski definition) is 3. The van der Waals surface area contributed by atoms with Crippen LogP contribution in [0.4, 0.5) is 0 Å². The second-order valence-corrected chi connectivity index (χ2v) is 13.3. The molecule has 0 aliphatic heterocycles. The zero-order valence-corrected chi connectivity index (χ0v) is 35.8. The third-order valence-corrected chi connectivity index (χ3v) is 6.05. The molecule has 0 aromatic rings. The molecule has 0 rings (SSSR count). The minimum atomic E-state index is -5.01. The molecule has 10 nitrogen and oxygen atoms in total. The van der Waals surface area contributed by atoms with Gasteiger partial charge in [-0.05, 0) is 24.7 Å². The smallest absolute Gasteiger partial charge is 0.747 e. The molecule has 0 aliphatic rings. The van der Waals surface area contributed by atoms with Crippen LogP contribution >= 0.6 is 36.7 Å². The monoisotopic (exact) mass is 860 g/mol. The minimum absolute atomic E-state index is 0. The summed E-state index contributed by atoms with van der Waals surface area (Å²) < 4.78 is 44.8. The van der Waals surface area contributed by atoms with E-state index in [4.69, 9.17) is 9.47 Å². The first-order valence-corrected chi connectivity index (χ1v) is 16.5. The van der Waals surface area contributed by atoms with Crippen LogP contribution in [0.2, 0.25) is 0 Å². The van der Waals surface area contributed by atoms with Crippen molar-refractivity contribution >= 4 is 110 Å². The summed E-state index contributed by atoms with van der Waals surface area (Å²) in [5.41, 5.74) is 14.0. The Bertz CT molecular complexity index is 805. The summed E-state index contributed by atoms with van der Waals surface area (Å²) in [7, 11) is -5.01. The Morgan fingerprint density at radius 3 is 1.36 bits per heavy atom. The van der Waals surface area contributed by atoms with Gasteiger partial charge in [0.15, 0.2) is 5.25 Å². The van der Waals surface area contributed by atoms with Crippen molar-refractivity contribution < 1.29 is 103 Å². The summed E-state index contributed by atoms with van der Waals surface area (Å²) in [6.07, 6.45) is 6.58. The maximum atomic E-state index is 12.1. The third-order valence-electron chi connectivity index (χ3n) is 4.99. The minimum Gasteiger partial charge on any atom is -0.747 e. The fraction of sp³-hybridized carbons (Fsp3) is 0.783. The normalized spacial score (nSPS) is 11.6. The van der Waals surface area contributed by atoms with Crippen molar-refractivity contribution in [2.75, 3.05) is 13.2 Å². The number of carbonyl (C=O) groups is 2. The van der Waals surface area contributed by atoms with E-state index >= 15 is 0 Å². The van der Waals surface area contributed by atoms with Crippen molar-refractivity contribution in [3.63, 3.8) is 0 Å². The summed E-state index contributed by atoms with van der Waals surface area (Å²) in [5.74, 6) is -1.74. The quantitative estimate of drug-likeness (QED) is 0.0625. The van der Waals surface area contributed by atoms with Crippen LogP contribution in [0.1, 0.15) is 85.5 Å². The van der Waals surface area contributed by atoms with Crippen LogP contribution in [0, 0.1) is 53.6 Å². The second kappa shape index (κ2) is 37.0. The fourth-order valence-corrected chi connectivity index (χ4v) is 3.46. The number of esters is 2. The predicted octanol–water partition coefficient (Wildman–Crippen LogP) is 0.144. The maximum absolute atomic E-state index is 12.1. The van der Waals surface area contributed by atoms with Crippen molar-refractivity contribution in [1.29, 1.82) is 0 Å². The largest absolute Gasteiger partial charge is 3.00 e. The molecule has 0 aromatic heterocycles. The van der Waals surface area contributed by atoms with E-state index in [0.717, 1.165) is 51.4 Å². The standard InChI is InChI=1S/C20H38O7S.3CH3NS2.Ce.Na/c1-5-9-11-16(7-3)14-26-19(21)13-18(28(23,24)25)20(22)27-15-17(8-4)12-10-6-2;3*2-1(3)4;;/h16-18H,5-15H2,1-4H3,(H,23,24,25);3*(H3,2,3,4);;/q;;;;+3;+1/p-4. The molecular formula is C23H43CeN3NaO7S7. The van der Waals surface area contributed by atoms with Crippen molar-refractivity contribution in [2.24, 2.45) is 29.0 Å². The molecule has 239 valence electrons. The van der Waals surface area contributed by atoms with E-state index in [9.17, 15) is 22.6 Å². The van der Waals surface area contributed by atoms with E-state index in [1.807, 2.05) is 13.8 Å². The molecule has 0 spiro atoms. The topological polar surface area (TPSA) is 188 Å². The van der Waals surface area contributed by atoms with Gasteiger partial charge in [-0.1, -0.05) is 79.2 Å². The van der Waals surface area contributed by atoms with Crippen molar-refractivity contribution in [3.8, 4) is 0 Å². The number of hydrogen-bond acceptors (Lipinski definition) is 13. The zero-order chi connectivity index (χ0) is 32.3. The van der Waals surface area contributed by atoms with Crippen LogP contribution in [-0.4, -0.2) is 56.3 Å². The number of unbranched alkanes of at least 4 members (excludes halogenated alkanes) is 2. The maximum Gasteiger partial charge on any atom is 3.00 e.